The number of hydrazone groups is 1. The number of amides is 1. The summed E-state index contributed by atoms with van der Waals surface area (Å²) in [5.41, 5.74) is 9.45. The molecule has 2 aromatic carbocycles. The van der Waals surface area contributed by atoms with Crippen molar-refractivity contribution in [1.29, 1.82) is 0 Å². The first kappa shape index (κ1) is 25.4. The maximum atomic E-state index is 12.9. The van der Waals surface area contributed by atoms with E-state index in [-0.39, 0.29) is 18.5 Å². The van der Waals surface area contributed by atoms with Gasteiger partial charge in [-0.25, -0.2) is 4.79 Å². The summed E-state index contributed by atoms with van der Waals surface area (Å²) in [6, 6.07) is 15.1. The highest BCUT2D eigenvalue weighted by Gasteiger charge is 2.58. The normalized spacial score (nSPS) is 14.7. The number of hydrogen-bond donors (Lipinski definition) is 5. The van der Waals surface area contributed by atoms with E-state index in [4.69, 9.17) is 17.3 Å². The Hall–Kier alpha value is -3.89. The van der Waals surface area contributed by atoms with Gasteiger partial charge in [0, 0.05) is 19.4 Å². The number of carbonyl (C=O) groups is 4. The molecular formula is C23H27N5O5. The summed E-state index contributed by atoms with van der Waals surface area (Å²) < 4.78 is 0. The van der Waals surface area contributed by atoms with E-state index < -0.39 is 41.6 Å². The van der Waals surface area contributed by atoms with E-state index >= 15 is 0 Å². The van der Waals surface area contributed by atoms with Gasteiger partial charge < -0.3 is 32.5 Å². The average molecular weight is 453 g/mol. The van der Waals surface area contributed by atoms with E-state index in [2.05, 4.69) is 10.4 Å². The van der Waals surface area contributed by atoms with E-state index in [0.29, 0.717) is 11.8 Å². The number of nitrogens with zero attached hydrogens (tertiary/aromatic N) is 1. The maximum absolute atomic E-state index is 12.9. The first-order valence-electron chi connectivity index (χ1n) is 10.1. The highest BCUT2D eigenvalue weighted by molar-refractivity contribution is 6.10. The van der Waals surface area contributed by atoms with Gasteiger partial charge in [-0.05, 0) is 16.7 Å². The zero-order valence-electron chi connectivity index (χ0n) is 17.9. The molecule has 0 radical (unpaired) electrons. The summed E-state index contributed by atoms with van der Waals surface area (Å²) in [6.07, 6.45) is 0.574. The van der Waals surface area contributed by atoms with Crippen molar-refractivity contribution in [3.05, 3.63) is 71.3 Å². The molecule has 0 saturated carbocycles. The largest absolute Gasteiger partial charge is 0.479 e. The van der Waals surface area contributed by atoms with E-state index in [9.17, 15) is 24.3 Å². The lowest BCUT2D eigenvalue weighted by Gasteiger charge is -2.42. The number of nitrogens with one attached hydrogen (secondary N) is 1. The molecule has 2 rings (SSSR count). The minimum atomic E-state index is -2.68. The van der Waals surface area contributed by atoms with Crippen molar-refractivity contribution in [2.75, 3.05) is 0 Å². The molecule has 2 aromatic rings. The van der Waals surface area contributed by atoms with Crippen LogP contribution in [0.15, 0.2) is 59.7 Å². The Balaban J connectivity index is 2.47. The molecule has 0 aliphatic heterocycles. The smallest absolute Gasteiger partial charge is 0.333 e. The molecule has 33 heavy (non-hydrogen) atoms. The average Bonchev–Trinajstić information content (AvgIpc) is 2.81. The van der Waals surface area contributed by atoms with Crippen LogP contribution in [0.5, 0.6) is 0 Å². The van der Waals surface area contributed by atoms with Crippen LogP contribution in [0.4, 0.5) is 0 Å². The number of aldehydes is 1. The topological polar surface area (TPSA) is 191 Å². The number of benzene rings is 2. The summed E-state index contributed by atoms with van der Waals surface area (Å²) in [6.45, 7) is 0.172. The predicted molar refractivity (Wildman–Crippen MR) is 122 cm³/mol. The summed E-state index contributed by atoms with van der Waals surface area (Å²) >= 11 is 0. The second-order valence-corrected chi connectivity index (χ2v) is 7.55. The maximum Gasteiger partial charge on any atom is 0.333 e. The molecule has 0 aromatic heterocycles. The van der Waals surface area contributed by atoms with E-state index in [1.165, 1.54) is 18.3 Å². The van der Waals surface area contributed by atoms with Gasteiger partial charge in [-0.15, -0.1) is 0 Å². The zero-order valence-corrected chi connectivity index (χ0v) is 17.9. The van der Waals surface area contributed by atoms with Crippen LogP contribution in [0.1, 0.15) is 36.0 Å². The molecule has 0 fully saturated rings. The molecule has 0 saturated heterocycles. The molecule has 2 atom stereocenters. The fraction of sp³-hybridized carbons (Fsp3) is 0.261. The third-order valence-corrected chi connectivity index (χ3v) is 5.39. The Kier molecular flexibility index (Phi) is 8.55. The number of ketones is 1. The first-order valence-corrected chi connectivity index (χ1v) is 10.1. The molecule has 0 bridgehead atoms. The molecule has 8 N–H and O–H groups in total. The van der Waals surface area contributed by atoms with Gasteiger partial charge >= 0.3 is 5.97 Å². The second kappa shape index (κ2) is 11.1. The Labute approximate surface area is 190 Å². The molecule has 10 nitrogen and oxygen atoms in total. The van der Waals surface area contributed by atoms with Crippen molar-refractivity contribution in [3.63, 3.8) is 0 Å². The summed E-state index contributed by atoms with van der Waals surface area (Å²) in [5, 5.41) is 16.1. The van der Waals surface area contributed by atoms with Gasteiger partial charge in [0.1, 0.15) is 6.29 Å². The quantitative estimate of drug-likeness (QED) is 0.0987. The molecule has 10 heteroatoms. The number of hydrogen-bond acceptors (Lipinski definition) is 8. The van der Waals surface area contributed by atoms with Crippen molar-refractivity contribution < 1.29 is 24.3 Å². The molecule has 0 aliphatic carbocycles. The van der Waals surface area contributed by atoms with Gasteiger partial charge in [0.25, 0.3) is 0 Å². The van der Waals surface area contributed by atoms with Crippen molar-refractivity contribution >= 4 is 30.2 Å². The number of carboxylic acids is 1. The number of aliphatic carboxylic acids is 1. The van der Waals surface area contributed by atoms with Gasteiger partial charge in [0.05, 0.1) is 18.2 Å². The van der Waals surface area contributed by atoms with Crippen LogP contribution in [-0.4, -0.2) is 40.8 Å². The Morgan fingerprint density at radius 2 is 1.67 bits per heavy atom. The predicted octanol–water partition coefficient (Wildman–Crippen LogP) is 0.170. The minimum absolute atomic E-state index is 0.149. The fourth-order valence-corrected chi connectivity index (χ4v) is 3.48. The lowest BCUT2D eigenvalue weighted by Crippen LogP contribution is -2.72. The van der Waals surface area contributed by atoms with Crippen LogP contribution in [0.3, 0.4) is 0 Å². The monoisotopic (exact) mass is 453 g/mol. The van der Waals surface area contributed by atoms with Crippen molar-refractivity contribution in [1.82, 2.24) is 5.32 Å². The van der Waals surface area contributed by atoms with Crippen molar-refractivity contribution in [2.45, 2.75) is 36.9 Å². The van der Waals surface area contributed by atoms with Crippen LogP contribution in [0.25, 0.3) is 0 Å². The second-order valence-electron chi connectivity index (χ2n) is 7.55. The molecule has 2 unspecified atom stereocenters. The van der Waals surface area contributed by atoms with Gasteiger partial charge in [-0.1, -0.05) is 54.6 Å². The van der Waals surface area contributed by atoms with E-state index in [1.54, 1.807) is 24.3 Å². The van der Waals surface area contributed by atoms with E-state index in [0.717, 1.165) is 5.56 Å². The van der Waals surface area contributed by atoms with Gasteiger partial charge in [0.15, 0.2) is 11.3 Å². The summed E-state index contributed by atoms with van der Waals surface area (Å²) in [4.78, 5) is 48.8. The lowest BCUT2D eigenvalue weighted by molar-refractivity contribution is -0.153. The molecular weight excluding hydrogens is 426 g/mol. The number of carbonyl (C=O) groups excluding carboxylic acids is 3. The van der Waals surface area contributed by atoms with Crippen LogP contribution in [0.2, 0.25) is 0 Å². The Bertz CT molecular complexity index is 1030. The van der Waals surface area contributed by atoms with E-state index in [1.807, 2.05) is 18.2 Å². The molecule has 0 spiro atoms. The van der Waals surface area contributed by atoms with Crippen LogP contribution >= 0.6 is 0 Å². The first-order chi connectivity index (χ1) is 15.7. The molecule has 1 amide bonds. The number of carboxylic acid groups (broad SMARTS) is 1. The van der Waals surface area contributed by atoms with Crippen molar-refractivity contribution in [3.8, 4) is 0 Å². The number of Topliss-reactive ketones (excluding diaryl/α,β-unsaturated/α-hetero) is 1. The zero-order chi connectivity index (χ0) is 24.5. The molecule has 0 heterocycles. The minimum Gasteiger partial charge on any atom is -0.479 e. The highest BCUT2D eigenvalue weighted by atomic mass is 16.4. The third-order valence-electron chi connectivity index (χ3n) is 5.39. The highest BCUT2D eigenvalue weighted by Crippen LogP contribution is 2.35. The van der Waals surface area contributed by atoms with Crippen LogP contribution in [0, 0.1) is 0 Å². The van der Waals surface area contributed by atoms with Crippen LogP contribution in [-0.2, 0) is 31.3 Å². The molecule has 174 valence electrons. The van der Waals surface area contributed by atoms with Crippen LogP contribution < -0.4 is 22.6 Å². The summed E-state index contributed by atoms with van der Waals surface area (Å²) in [5.74, 6) is 1.88. The lowest BCUT2D eigenvalue weighted by atomic mass is 9.67. The Morgan fingerprint density at radius 1 is 1.03 bits per heavy atom. The molecule has 0 aliphatic rings. The SMILES string of the molecule is NN=Cc1ccc(C(N)(CC(=O)NCc2ccccc2)C(N)(C(=O)O)C(=O)CCC=O)cc1. The van der Waals surface area contributed by atoms with Gasteiger partial charge in [-0.3, -0.25) is 9.59 Å². The van der Waals surface area contributed by atoms with Crippen molar-refractivity contribution in [2.24, 2.45) is 22.4 Å². The number of nitrogens with two attached hydrogens (primary N) is 3. The Morgan fingerprint density at radius 3 is 2.21 bits per heavy atom. The standard InChI is InChI=1S/C23H27N5O5/c24-22(18-10-8-17(9-11-18)15-28-26,23(25,21(32)33)19(30)7-4-12-29)13-20(31)27-14-16-5-2-1-3-6-16/h1-3,5-6,8-12,15H,4,7,13-14,24-26H2,(H,27,31)(H,32,33). The summed E-state index contributed by atoms with van der Waals surface area (Å²) in [7, 11) is 0. The van der Waals surface area contributed by atoms with Gasteiger partial charge in [0.2, 0.25) is 5.91 Å². The third kappa shape index (κ3) is 5.68. The fourth-order valence-electron chi connectivity index (χ4n) is 3.48. The number of rotatable bonds is 12. The van der Waals surface area contributed by atoms with Gasteiger partial charge in [-0.2, -0.15) is 5.10 Å².